The number of alkyl halides is 3. The molecule has 1 aliphatic heterocycles. The van der Waals surface area contributed by atoms with Crippen LogP contribution >= 0.6 is 0 Å². The normalized spacial score (nSPS) is 19.4. The molecular formula is C15H14F3NO6. The number of carboxylic acids is 1. The molecule has 136 valence electrons. The summed E-state index contributed by atoms with van der Waals surface area (Å²) >= 11 is 0. The molecule has 1 unspecified atom stereocenters. The molecule has 1 N–H and O–H groups in total. The Balaban J connectivity index is 2.24. The molecule has 0 aliphatic carbocycles. The molecule has 0 radical (unpaired) electrons. The number of carbonyl (C=O) groups is 3. The fraction of sp³-hybridized carbons (Fsp3) is 0.400. The second-order valence-electron chi connectivity index (χ2n) is 5.19. The van der Waals surface area contributed by atoms with Crippen molar-refractivity contribution in [2.75, 3.05) is 18.1 Å². The lowest BCUT2D eigenvalue weighted by molar-refractivity contribution is -0.177. The van der Waals surface area contributed by atoms with Crippen LogP contribution in [0.5, 0.6) is 0 Å². The standard InChI is InChI=1S/C15H14F3NO6/c1-8(20)25-12(14(22)23)11-13(21)19(6-7-24-11)10-4-2-9(3-5-10)15(16,17)18/h2-5,11-12H,6-7H2,1H3,(H,22,23)/t11?,12-/m1/s1. The average Bonchev–Trinajstić information content (AvgIpc) is 2.52. The molecule has 1 aliphatic rings. The molecule has 1 fully saturated rings. The van der Waals surface area contributed by atoms with E-state index in [1.807, 2.05) is 0 Å². The zero-order chi connectivity index (χ0) is 18.8. The van der Waals surface area contributed by atoms with Crippen LogP contribution in [-0.2, 0) is 30.0 Å². The van der Waals surface area contributed by atoms with Crippen LogP contribution in [0.3, 0.4) is 0 Å². The van der Waals surface area contributed by atoms with Crippen LogP contribution in [0, 0.1) is 0 Å². The third-order valence-electron chi connectivity index (χ3n) is 3.44. The van der Waals surface area contributed by atoms with E-state index in [-0.39, 0.29) is 18.8 Å². The van der Waals surface area contributed by atoms with Gasteiger partial charge < -0.3 is 19.5 Å². The Morgan fingerprint density at radius 2 is 1.92 bits per heavy atom. The van der Waals surface area contributed by atoms with Gasteiger partial charge in [0.1, 0.15) is 0 Å². The van der Waals surface area contributed by atoms with Crippen LogP contribution in [0.2, 0.25) is 0 Å². The number of morpholine rings is 1. The van der Waals surface area contributed by atoms with E-state index in [0.717, 1.165) is 36.1 Å². The van der Waals surface area contributed by atoms with Gasteiger partial charge in [0.05, 0.1) is 12.2 Å². The van der Waals surface area contributed by atoms with Crippen molar-refractivity contribution in [2.24, 2.45) is 0 Å². The van der Waals surface area contributed by atoms with Crippen molar-refractivity contribution in [3.8, 4) is 0 Å². The van der Waals surface area contributed by atoms with Crippen LogP contribution in [0.15, 0.2) is 24.3 Å². The van der Waals surface area contributed by atoms with Gasteiger partial charge in [-0.05, 0) is 24.3 Å². The molecule has 0 bridgehead atoms. The van der Waals surface area contributed by atoms with E-state index in [1.165, 1.54) is 0 Å². The van der Waals surface area contributed by atoms with Gasteiger partial charge in [-0.2, -0.15) is 13.2 Å². The molecule has 0 saturated carbocycles. The molecule has 1 saturated heterocycles. The van der Waals surface area contributed by atoms with Crippen LogP contribution in [0.25, 0.3) is 0 Å². The monoisotopic (exact) mass is 361 g/mol. The number of benzene rings is 1. The summed E-state index contributed by atoms with van der Waals surface area (Å²) in [4.78, 5) is 35.8. The van der Waals surface area contributed by atoms with Gasteiger partial charge in [0.25, 0.3) is 5.91 Å². The summed E-state index contributed by atoms with van der Waals surface area (Å²) in [6.45, 7) is 0.937. The number of ether oxygens (including phenoxy) is 2. The zero-order valence-electron chi connectivity index (χ0n) is 12.9. The summed E-state index contributed by atoms with van der Waals surface area (Å²) < 4.78 is 47.5. The third kappa shape index (κ3) is 4.27. The summed E-state index contributed by atoms with van der Waals surface area (Å²) in [5.41, 5.74) is -0.727. The number of halogens is 3. The van der Waals surface area contributed by atoms with Gasteiger partial charge in [-0.25, -0.2) is 4.79 Å². The van der Waals surface area contributed by atoms with Gasteiger partial charge in [0, 0.05) is 19.2 Å². The van der Waals surface area contributed by atoms with Crippen molar-refractivity contribution < 1.29 is 42.1 Å². The van der Waals surface area contributed by atoms with E-state index < -0.39 is 41.8 Å². The Hall–Kier alpha value is -2.62. The first-order valence-electron chi connectivity index (χ1n) is 7.11. The number of carbonyl (C=O) groups excluding carboxylic acids is 2. The number of hydrogen-bond donors (Lipinski definition) is 1. The quantitative estimate of drug-likeness (QED) is 0.816. The lowest BCUT2D eigenvalue weighted by Crippen LogP contribution is -2.55. The Morgan fingerprint density at radius 1 is 1.32 bits per heavy atom. The second kappa shape index (κ2) is 7.09. The van der Waals surface area contributed by atoms with Crippen molar-refractivity contribution >= 4 is 23.5 Å². The molecule has 25 heavy (non-hydrogen) atoms. The fourth-order valence-corrected chi connectivity index (χ4v) is 2.33. The van der Waals surface area contributed by atoms with E-state index in [4.69, 9.17) is 9.84 Å². The van der Waals surface area contributed by atoms with E-state index >= 15 is 0 Å². The number of hydrogen-bond acceptors (Lipinski definition) is 5. The number of aliphatic carboxylic acids is 1. The topological polar surface area (TPSA) is 93.1 Å². The SMILES string of the molecule is CC(=O)O[C@@H](C(=O)O)C1OCCN(c2ccc(C(F)(F)F)cc2)C1=O. The molecular weight excluding hydrogens is 347 g/mol. The van der Waals surface area contributed by atoms with Gasteiger partial charge in [0.15, 0.2) is 6.10 Å². The number of amides is 1. The molecule has 0 spiro atoms. The highest BCUT2D eigenvalue weighted by Crippen LogP contribution is 2.31. The van der Waals surface area contributed by atoms with Crippen LogP contribution in [0.1, 0.15) is 12.5 Å². The van der Waals surface area contributed by atoms with Crippen molar-refractivity contribution in [1.82, 2.24) is 0 Å². The third-order valence-corrected chi connectivity index (χ3v) is 3.44. The first-order valence-corrected chi connectivity index (χ1v) is 7.11. The van der Waals surface area contributed by atoms with E-state index in [9.17, 15) is 27.6 Å². The molecule has 1 aromatic carbocycles. The number of rotatable bonds is 4. The van der Waals surface area contributed by atoms with Crippen molar-refractivity contribution in [3.63, 3.8) is 0 Å². The summed E-state index contributed by atoms with van der Waals surface area (Å²) in [6, 6.07) is 3.83. The zero-order valence-corrected chi connectivity index (χ0v) is 12.9. The Bertz CT molecular complexity index is 673. The number of carboxylic acid groups (broad SMARTS) is 1. The largest absolute Gasteiger partial charge is 0.478 e. The Morgan fingerprint density at radius 3 is 2.40 bits per heavy atom. The predicted molar refractivity (Wildman–Crippen MR) is 76.7 cm³/mol. The van der Waals surface area contributed by atoms with E-state index in [0.29, 0.717) is 0 Å². The average molecular weight is 361 g/mol. The Kier molecular flexibility index (Phi) is 5.31. The predicted octanol–water partition coefficient (Wildman–Crippen LogP) is 1.45. The fourth-order valence-electron chi connectivity index (χ4n) is 2.33. The van der Waals surface area contributed by atoms with Crippen molar-refractivity contribution in [1.29, 1.82) is 0 Å². The minimum absolute atomic E-state index is 0.0209. The Labute approximate surface area is 139 Å². The molecule has 2 rings (SSSR count). The molecule has 7 nitrogen and oxygen atoms in total. The molecule has 1 aromatic rings. The molecule has 0 aromatic heterocycles. The number of anilines is 1. The minimum Gasteiger partial charge on any atom is -0.478 e. The second-order valence-corrected chi connectivity index (χ2v) is 5.19. The number of esters is 1. The lowest BCUT2D eigenvalue weighted by atomic mass is 10.1. The maximum atomic E-state index is 12.6. The summed E-state index contributed by atoms with van der Waals surface area (Å²) in [6.07, 6.45) is -7.94. The summed E-state index contributed by atoms with van der Waals surface area (Å²) in [5.74, 6) is -3.29. The van der Waals surface area contributed by atoms with Gasteiger partial charge in [0.2, 0.25) is 6.10 Å². The van der Waals surface area contributed by atoms with Crippen LogP contribution < -0.4 is 4.90 Å². The van der Waals surface area contributed by atoms with Crippen molar-refractivity contribution in [2.45, 2.75) is 25.3 Å². The molecule has 10 heteroatoms. The highest BCUT2D eigenvalue weighted by atomic mass is 19.4. The summed E-state index contributed by atoms with van der Waals surface area (Å²) in [7, 11) is 0. The lowest BCUT2D eigenvalue weighted by Gasteiger charge is -2.34. The first kappa shape index (κ1) is 18.7. The van der Waals surface area contributed by atoms with Crippen LogP contribution in [-0.4, -0.2) is 48.3 Å². The van der Waals surface area contributed by atoms with Gasteiger partial charge in [-0.15, -0.1) is 0 Å². The highest BCUT2D eigenvalue weighted by Gasteiger charge is 2.42. The van der Waals surface area contributed by atoms with Gasteiger partial charge in [-0.3, -0.25) is 9.59 Å². The highest BCUT2D eigenvalue weighted by molar-refractivity contribution is 6.00. The van der Waals surface area contributed by atoms with Gasteiger partial charge in [-0.1, -0.05) is 0 Å². The first-order chi connectivity index (χ1) is 11.6. The number of nitrogens with zero attached hydrogens (tertiary/aromatic N) is 1. The summed E-state index contributed by atoms with van der Waals surface area (Å²) in [5, 5.41) is 9.12. The maximum absolute atomic E-state index is 12.6. The van der Waals surface area contributed by atoms with Crippen molar-refractivity contribution in [3.05, 3.63) is 29.8 Å². The molecule has 2 atom stereocenters. The smallest absolute Gasteiger partial charge is 0.416 e. The minimum atomic E-state index is -4.51. The molecule has 1 amide bonds. The van der Waals surface area contributed by atoms with Gasteiger partial charge >= 0.3 is 18.1 Å². The van der Waals surface area contributed by atoms with E-state index in [2.05, 4.69) is 4.74 Å². The molecule has 1 heterocycles. The maximum Gasteiger partial charge on any atom is 0.416 e. The van der Waals surface area contributed by atoms with Crippen LogP contribution in [0.4, 0.5) is 18.9 Å². The van der Waals surface area contributed by atoms with E-state index in [1.54, 1.807) is 0 Å².